The Bertz CT molecular complexity index is 299. The Labute approximate surface area is 90.2 Å². The minimum absolute atomic E-state index is 0.149. The SMILES string of the molecule is NC1(c2cnccn2)CNC(Br)CO1. The summed E-state index contributed by atoms with van der Waals surface area (Å²) in [5.74, 6) is 0. The molecule has 1 fully saturated rings. The van der Waals surface area contributed by atoms with Gasteiger partial charge in [-0.25, -0.2) is 0 Å². The van der Waals surface area contributed by atoms with Crippen LogP contribution in [-0.2, 0) is 10.5 Å². The molecule has 0 aromatic carbocycles. The third-order valence-electron chi connectivity index (χ3n) is 2.07. The summed E-state index contributed by atoms with van der Waals surface area (Å²) >= 11 is 3.38. The van der Waals surface area contributed by atoms with Gasteiger partial charge in [-0.1, -0.05) is 15.9 Å². The van der Waals surface area contributed by atoms with Crippen molar-refractivity contribution in [3.05, 3.63) is 24.3 Å². The van der Waals surface area contributed by atoms with Crippen LogP contribution in [0.25, 0.3) is 0 Å². The molecule has 2 rings (SSSR count). The summed E-state index contributed by atoms with van der Waals surface area (Å²) in [6.07, 6.45) is 4.83. The van der Waals surface area contributed by atoms with Gasteiger partial charge in [0.25, 0.3) is 0 Å². The summed E-state index contributed by atoms with van der Waals surface area (Å²) in [6.45, 7) is 1.02. The van der Waals surface area contributed by atoms with Crippen molar-refractivity contribution in [3.63, 3.8) is 0 Å². The molecule has 2 unspecified atom stereocenters. The first-order valence-corrected chi connectivity index (χ1v) is 5.19. The van der Waals surface area contributed by atoms with Gasteiger partial charge in [-0.05, 0) is 0 Å². The van der Waals surface area contributed by atoms with Crippen molar-refractivity contribution in [1.29, 1.82) is 0 Å². The highest BCUT2D eigenvalue weighted by Crippen LogP contribution is 2.20. The molecule has 2 heterocycles. The number of nitrogens with two attached hydrogens (primary N) is 1. The molecule has 1 aliphatic heterocycles. The third kappa shape index (κ3) is 1.93. The zero-order valence-corrected chi connectivity index (χ0v) is 9.07. The first-order valence-electron chi connectivity index (χ1n) is 4.27. The first-order chi connectivity index (χ1) is 6.71. The summed E-state index contributed by atoms with van der Waals surface area (Å²) in [5, 5.41) is 3.17. The molecule has 3 N–H and O–H groups in total. The molecule has 1 aromatic heterocycles. The van der Waals surface area contributed by atoms with Gasteiger partial charge in [0.1, 0.15) is 5.69 Å². The predicted octanol–water partition coefficient (Wildman–Crippen LogP) is -0.0711. The predicted molar refractivity (Wildman–Crippen MR) is 54.6 cm³/mol. The summed E-state index contributed by atoms with van der Waals surface area (Å²) in [7, 11) is 0. The topological polar surface area (TPSA) is 73.1 Å². The van der Waals surface area contributed by atoms with E-state index in [2.05, 4.69) is 31.2 Å². The lowest BCUT2D eigenvalue weighted by Crippen LogP contribution is -2.56. The highest BCUT2D eigenvalue weighted by atomic mass is 79.9. The molecule has 1 aromatic rings. The molecular weight excluding hydrogens is 248 g/mol. The number of aromatic nitrogens is 2. The number of hydrogen-bond acceptors (Lipinski definition) is 5. The molecule has 14 heavy (non-hydrogen) atoms. The van der Waals surface area contributed by atoms with Gasteiger partial charge in [-0.3, -0.25) is 21.0 Å². The Balaban J connectivity index is 2.17. The molecule has 0 spiro atoms. The number of hydrogen-bond donors (Lipinski definition) is 2. The number of nitrogens with one attached hydrogen (secondary N) is 1. The van der Waals surface area contributed by atoms with Crippen molar-refractivity contribution in [2.45, 2.75) is 10.7 Å². The van der Waals surface area contributed by atoms with Crippen molar-refractivity contribution in [2.24, 2.45) is 5.73 Å². The van der Waals surface area contributed by atoms with Crippen molar-refractivity contribution in [3.8, 4) is 0 Å². The van der Waals surface area contributed by atoms with Crippen molar-refractivity contribution in [2.75, 3.05) is 13.2 Å². The van der Waals surface area contributed by atoms with Crippen molar-refractivity contribution >= 4 is 15.9 Å². The molecule has 6 heteroatoms. The van der Waals surface area contributed by atoms with Crippen LogP contribution in [0.1, 0.15) is 5.69 Å². The van der Waals surface area contributed by atoms with Gasteiger partial charge < -0.3 is 4.74 Å². The fraction of sp³-hybridized carbons (Fsp3) is 0.500. The van der Waals surface area contributed by atoms with E-state index in [9.17, 15) is 0 Å². The van der Waals surface area contributed by atoms with E-state index in [1.165, 1.54) is 0 Å². The maximum Gasteiger partial charge on any atom is 0.173 e. The Morgan fingerprint density at radius 1 is 1.64 bits per heavy atom. The number of alkyl halides is 1. The first kappa shape index (κ1) is 9.97. The van der Waals surface area contributed by atoms with Gasteiger partial charge in [0, 0.05) is 18.9 Å². The molecule has 5 nitrogen and oxygen atoms in total. The number of morpholine rings is 1. The van der Waals surface area contributed by atoms with E-state index in [0.29, 0.717) is 18.8 Å². The van der Waals surface area contributed by atoms with Crippen molar-refractivity contribution in [1.82, 2.24) is 15.3 Å². The molecule has 76 valence electrons. The number of ether oxygens (including phenoxy) is 1. The molecule has 0 aliphatic carbocycles. The number of halogens is 1. The smallest absolute Gasteiger partial charge is 0.173 e. The van der Waals surface area contributed by atoms with E-state index in [1.807, 2.05) is 0 Å². The second-order valence-corrected chi connectivity index (χ2v) is 4.24. The van der Waals surface area contributed by atoms with Gasteiger partial charge in [0.15, 0.2) is 5.72 Å². The van der Waals surface area contributed by atoms with Gasteiger partial charge in [-0.2, -0.15) is 0 Å². The van der Waals surface area contributed by atoms with E-state index in [0.717, 1.165) is 0 Å². The van der Waals surface area contributed by atoms with E-state index in [-0.39, 0.29) is 4.95 Å². The summed E-state index contributed by atoms with van der Waals surface area (Å²) in [5.41, 5.74) is 5.82. The Morgan fingerprint density at radius 3 is 3.07 bits per heavy atom. The molecule has 2 atom stereocenters. The van der Waals surface area contributed by atoms with Crippen LogP contribution < -0.4 is 11.1 Å². The Kier molecular flexibility index (Phi) is 2.78. The number of rotatable bonds is 1. The quantitative estimate of drug-likeness (QED) is 0.545. The maximum atomic E-state index is 6.03. The zero-order chi connectivity index (χ0) is 10.0. The van der Waals surface area contributed by atoms with Crippen LogP contribution in [0.4, 0.5) is 0 Å². The monoisotopic (exact) mass is 258 g/mol. The third-order valence-corrected chi connectivity index (χ3v) is 2.66. The summed E-state index contributed by atoms with van der Waals surface area (Å²) < 4.78 is 5.53. The van der Waals surface area contributed by atoms with Crippen LogP contribution >= 0.6 is 15.9 Å². The van der Waals surface area contributed by atoms with E-state index in [4.69, 9.17) is 10.5 Å². The molecule has 1 saturated heterocycles. The average molecular weight is 259 g/mol. The lowest BCUT2D eigenvalue weighted by molar-refractivity contribution is -0.0741. The van der Waals surface area contributed by atoms with E-state index in [1.54, 1.807) is 18.6 Å². The fourth-order valence-electron chi connectivity index (χ4n) is 1.28. The van der Waals surface area contributed by atoms with Crippen molar-refractivity contribution < 1.29 is 4.74 Å². The fourth-order valence-corrected chi connectivity index (χ4v) is 1.57. The standard InChI is InChI=1S/C8H11BrN4O/c9-7-4-14-8(10,5-13-7)6-3-11-1-2-12-6/h1-3,7,13H,4-5,10H2. The lowest BCUT2D eigenvalue weighted by atomic mass is 10.1. The molecule has 0 saturated carbocycles. The highest BCUT2D eigenvalue weighted by molar-refractivity contribution is 9.09. The molecule has 0 radical (unpaired) electrons. The second kappa shape index (κ2) is 3.90. The molecule has 1 aliphatic rings. The lowest BCUT2D eigenvalue weighted by Gasteiger charge is -2.35. The van der Waals surface area contributed by atoms with Crippen LogP contribution in [0.3, 0.4) is 0 Å². The van der Waals surface area contributed by atoms with Gasteiger partial charge in [0.05, 0.1) is 17.8 Å². The Morgan fingerprint density at radius 2 is 2.50 bits per heavy atom. The summed E-state index contributed by atoms with van der Waals surface area (Å²) in [6, 6.07) is 0. The van der Waals surface area contributed by atoms with Crippen LogP contribution in [-0.4, -0.2) is 28.1 Å². The van der Waals surface area contributed by atoms with Crippen LogP contribution in [0.5, 0.6) is 0 Å². The van der Waals surface area contributed by atoms with E-state index < -0.39 is 5.72 Å². The maximum absolute atomic E-state index is 6.03. The Hall–Kier alpha value is -0.560. The van der Waals surface area contributed by atoms with E-state index >= 15 is 0 Å². The molecule has 0 bridgehead atoms. The average Bonchev–Trinajstić information content (AvgIpc) is 2.24. The molecule has 0 amide bonds. The summed E-state index contributed by atoms with van der Waals surface area (Å²) in [4.78, 5) is 8.24. The largest absolute Gasteiger partial charge is 0.351 e. The van der Waals surface area contributed by atoms with Gasteiger partial charge in [-0.15, -0.1) is 0 Å². The van der Waals surface area contributed by atoms with Gasteiger partial charge >= 0.3 is 0 Å². The normalized spacial score (nSPS) is 32.9. The minimum Gasteiger partial charge on any atom is -0.351 e. The number of nitrogens with zero attached hydrogens (tertiary/aromatic N) is 2. The highest BCUT2D eigenvalue weighted by Gasteiger charge is 2.34. The van der Waals surface area contributed by atoms with Gasteiger partial charge in [0.2, 0.25) is 0 Å². The van der Waals surface area contributed by atoms with Crippen LogP contribution in [0.15, 0.2) is 18.6 Å². The molecular formula is C8H11BrN4O. The minimum atomic E-state index is -0.863. The van der Waals surface area contributed by atoms with Crippen LogP contribution in [0.2, 0.25) is 0 Å². The zero-order valence-electron chi connectivity index (χ0n) is 7.48. The second-order valence-electron chi connectivity index (χ2n) is 3.14. The van der Waals surface area contributed by atoms with Crippen LogP contribution in [0, 0.1) is 0 Å².